The highest BCUT2D eigenvalue weighted by Crippen LogP contribution is 2.02. The van der Waals surface area contributed by atoms with E-state index in [4.69, 9.17) is 0 Å². The molecule has 0 aliphatic carbocycles. The first-order valence-corrected chi connectivity index (χ1v) is 5.85. The molecule has 0 unspecified atom stereocenters. The Bertz CT molecular complexity index is 239. The van der Waals surface area contributed by atoms with Crippen molar-refractivity contribution < 1.29 is 13.2 Å². The van der Waals surface area contributed by atoms with E-state index in [-0.39, 0.29) is 29.6 Å². The van der Waals surface area contributed by atoms with Gasteiger partial charge < -0.3 is 0 Å². The minimum absolute atomic E-state index is 0.000509. The highest BCUT2D eigenvalue weighted by molar-refractivity contribution is 7.91. The highest BCUT2D eigenvalue weighted by Gasteiger charge is 2.13. The Balaban J connectivity index is 3.98. The summed E-state index contributed by atoms with van der Waals surface area (Å²) >= 11 is 0. The predicted molar refractivity (Wildman–Crippen MR) is 48.8 cm³/mol. The van der Waals surface area contributed by atoms with Crippen LogP contribution in [0.4, 0.5) is 0 Å². The monoisotopic (exact) mass is 192 g/mol. The summed E-state index contributed by atoms with van der Waals surface area (Å²) in [5.74, 6) is 0.255. The average molecular weight is 192 g/mol. The normalized spacial score (nSPS) is 12.0. The Morgan fingerprint density at radius 2 is 1.83 bits per heavy atom. The van der Waals surface area contributed by atoms with E-state index in [2.05, 4.69) is 0 Å². The van der Waals surface area contributed by atoms with Gasteiger partial charge in [-0.3, -0.25) is 4.79 Å². The third kappa shape index (κ3) is 6.34. The number of hydrogen-bond acceptors (Lipinski definition) is 3. The fraction of sp³-hybridized carbons (Fsp3) is 0.875. The second kappa shape index (κ2) is 4.60. The van der Waals surface area contributed by atoms with E-state index in [9.17, 15) is 13.2 Å². The van der Waals surface area contributed by atoms with Crippen LogP contribution in [0.15, 0.2) is 0 Å². The van der Waals surface area contributed by atoms with E-state index in [0.29, 0.717) is 0 Å². The summed E-state index contributed by atoms with van der Waals surface area (Å²) in [7, 11) is -3.00. The molecular weight excluding hydrogens is 176 g/mol. The fourth-order valence-electron chi connectivity index (χ4n) is 0.890. The van der Waals surface area contributed by atoms with Gasteiger partial charge in [0, 0.05) is 6.42 Å². The molecule has 0 bridgehead atoms. The largest absolute Gasteiger partial charge is 0.300 e. The Morgan fingerprint density at radius 1 is 1.33 bits per heavy atom. The van der Waals surface area contributed by atoms with Gasteiger partial charge in [0.1, 0.15) is 5.78 Å². The van der Waals surface area contributed by atoms with Gasteiger partial charge in [-0.2, -0.15) is 0 Å². The maximum absolute atomic E-state index is 11.2. The SMILES string of the molecule is CC(=O)CCS(=O)(=O)CC(C)C. The van der Waals surface area contributed by atoms with Gasteiger partial charge in [0.25, 0.3) is 0 Å². The van der Waals surface area contributed by atoms with Gasteiger partial charge in [-0.15, -0.1) is 0 Å². The minimum atomic E-state index is -3.00. The lowest BCUT2D eigenvalue weighted by molar-refractivity contribution is -0.116. The van der Waals surface area contributed by atoms with Crippen LogP contribution in [0.5, 0.6) is 0 Å². The van der Waals surface area contributed by atoms with Gasteiger partial charge in [-0.25, -0.2) is 8.42 Å². The molecule has 0 spiro atoms. The molecule has 0 amide bonds. The van der Waals surface area contributed by atoms with Crippen molar-refractivity contribution in [1.82, 2.24) is 0 Å². The van der Waals surface area contributed by atoms with Crippen LogP contribution in [0.25, 0.3) is 0 Å². The Labute approximate surface area is 74.1 Å². The van der Waals surface area contributed by atoms with E-state index in [1.807, 2.05) is 13.8 Å². The van der Waals surface area contributed by atoms with Crippen molar-refractivity contribution in [2.45, 2.75) is 27.2 Å². The first kappa shape index (κ1) is 11.6. The third-order valence-corrected chi connectivity index (χ3v) is 3.35. The van der Waals surface area contributed by atoms with Crippen molar-refractivity contribution in [3.8, 4) is 0 Å². The first-order valence-electron chi connectivity index (χ1n) is 4.03. The average Bonchev–Trinajstić information content (AvgIpc) is 1.81. The van der Waals surface area contributed by atoms with E-state index >= 15 is 0 Å². The van der Waals surface area contributed by atoms with Crippen LogP contribution < -0.4 is 0 Å². The van der Waals surface area contributed by atoms with Crippen LogP contribution in [0.3, 0.4) is 0 Å². The van der Waals surface area contributed by atoms with E-state index in [0.717, 1.165) is 0 Å². The predicted octanol–water partition coefficient (Wildman–Crippen LogP) is 1.04. The molecular formula is C8H16O3S. The summed E-state index contributed by atoms with van der Waals surface area (Å²) in [5, 5.41) is 0. The summed E-state index contributed by atoms with van der Waals surface area (Å²) in [6.45, 7) is 5.11. The van der Waals surface area contributed by atoms with E-state index < -0.39 is 9.84 Å². The molecule has 3 nitrogen and oxygen atoms in total. The molecule has 0 heterocycles. The molecule has 0 aliphatic rings. The zero-order valence-electron chi connectivity index (χ0n) is 7.83. The highest BCUT2D eigenvalue weighted by atomic mass is 32.2. The number of ketones is 1. The van der Waals surface area contributed by atoms with Gasteiger partial charge in [-0.05, 0) is 12.8 Å². The maximum Gasteiger partial charge on any atom is 0.151 e. The van der Waals surface area contributed by atoms with Crippen LogP contribution in [-0.4, -0.2) is 25.7 Å². The summed E-state index contributed by atoms with van der Waals surface area (Å²) in [5.41, 5.74) is 0. The summed E-state index contributed by atoms with van der Waals surface area (Å²) < 4.78 is 22.4. The van der Waals surface area contributed by atoms with Crippen molar-refractivity contribution in [3.63, 3.8) is 0 Å². The molecule has 0 aliphatic heterocycles. The zero-order valence-corrected chi connectivity index (χ0v) is 8.65. The molecule has 0 saturated heterocycles. The molecule has 0 radical (unpaired) electrons. The summed E-state index contributed by atoms with van der Waals surface area (Å²) in [4.78, 5) is 10.5. The molecule has 0 N–H and O–H groups in total. The Kier molecular flexibility index (Phi) is 4.45. The fourth-order valence-corrected chi connectivity index (χ4v) is 2.67. The standard InChI is InChI=1S/C8H16O3S/c1-7(2)6-12(10,11)5-4-8(3)9/h7H,4-6H2,1-3H3. The van der Waals surface area contributed by atoms with Crippen molar-refractivity contribution in [3.05, 3.63) is 0 Å². The van der Waals surface area contributed by atoms with Gasteiger partial charge in [-0.1, -0.05) is 13.8 Å². The Morgan fingerprint density at radius 3 is 2.17 bits per heavy atom. The number of hydrogen-bond donors (Lipinski definition) is 0. The molecule has 0 aromatic carbocycles. The van der Waals surface area contributed by atoms with Crippen LogP contribution in [-0.2, 0) is 14.6 Å². The van der Waals surface area contributed by atoms with Gasteiger partial charge in [0.15, 0.2) is 9.84 Å². The molecule has 12 heavy (non-hydrogen) atoms. The quantitative estimate of drug-likeness (QED) is 0.654. The summed E-state index contributed by atoms with van der Waals surface area (Å²) in [6, 6.07) is 0. The number of rotatable bonds is 5. The van der Waals surface area contributed by atoms with Crippen LogP contribution in [0, 0.1) is 5.92 Å². The molecule has 0 fully saturated rings. The lowest BCUT2D eigenvalue weighted by Gasteiger charge is -2.04. The van der Waals surface area contributed by atoms with Crippen molar-refractivity contribution in [1.29, 1.82) is 0 Å². The molecule has 72 valence electrons. The molecule has 0 atom stereocenters. The van der Waals surface area contributed by atoms with Crippen molar-refractivity contribution in [2.24, 2.45) is 5.92 Å². The third-order valence-electron chi connectivity index (χ3n) is 1.35. The second-order valence-electron chi connectivity index (χ2n) is 3.46. The number of Topliss-reactive ketones (excluding diaryl/α,β-unsaturated/α-hetero) is 1. The van der Waals surface area contributed by atoms with Crippen LogP contribution in [0.2, 0.25) is 0 Å². The topological polar surface area (TPSA) is 51.2 Å². The maximum atomic E-state index is 11.2. The van der Waals surface area contributed by atoms with Crippen LogP contribution in [0.1, 0.15) is 27.2 Å². The van der Waals surface area contributed by atoms with E-state index in [1.165, 1.54) is 6.92 Å². The summed E-state index contributed by atoms with van der Waals surface area (Å²) in [6.07, 6.45) is 0.148. The smallest absolute Gasteiger partial charge is 0.151 e. The lowest BCUT2D eigenvalue weighted by Crippen LogP contribution is -2.16. The molecule has 0 saturated carbocycles. The van der Waals surface area contributed by atoms with Gasteiger partial charge in [0.2, 0.25) is 0 Å². The van der Waals surface area contributed by atoms with E-state index in [1.54, 1.807) is 0 Å². The number of carbonyl (C=O) groups is 1. The first-order chi connectivity index (χ1) is 5.33. The molecule has 0 aromatic rings. The van der Waals surface area contributed by atoms with Gasteiger partial charge in [0.05, 0.1) is 11.5 Å². The van der Waals surface area contributed by atoms with Crippen LogP contribution >= 0.6 is 0 Å². The minimum Gasteiger partial charge on any atom is -0.300 e. The molecule has 0 aromatic heterocycles. The number of carbonyl (C=O) groups excluding carboxylic acids is 1. The lowest BCUT2D eigenvalue weighted by atomic mass is 10.3. The number of sulfone groups is 1. The second-order valence-corrected chi connectivity index (χ2v) is 5.69. The molecule has 4 heteroatoms. The Hall–Kier alpha value is -0.380. The van der Waals surface area contributed by atoms with Crippen molar-refractivity contribution in [2.75, 3.05) is 11.5 Å². The zero-order chi connectivity index (χ0) is 9.78. The molecule has 0 rings (SSSR count). The van der Waals surface area contributed by atoms with Crippen molar-refractivity contribution >= 4 is 15.6 Å². The van der Waals surface area contributed by atoms with Gasteiger partial charge >= 0.3 is 0 Å².